The average Bonchev–Trinajstić information content (AvgIpc) is 1.71. The fourth-order valence-electron chi connectivity index (χ4n) is 11.8. The minimum atomic E-state index is -1.24. The highest BCUT2D eigenvalue weighted by Crippen LogP contribution is 2.36. The molecule has 0 unspecified atom stereocenters. The van der Waals surface area contributed by atoms with Gasteiger partial charge in [0.05, 0.1) is 133 Å². The number of methoxy groups -OCH3 is 1. The number of H-pyrrole nitrogens is 1. The van der Waals surface area contributed by atoms with Gasteiger partial charge in [0, 0.05) is 18.5 Å². The number of carbonyl (C=O) groups is 3. The van der Waals surface area contributed by atoms with Crippen LogP contribution in [0.25, 0.3) is 0 Å². The SMILES string of the molecule is COc1ccc2c(c1)OCCOCCOCCOCCOCCO2.O=C([O-])C1=CC=CC1.O=C([O-])c1ccccn1.O=C([O-])c1ccn[nH]1.c1ccc([S+](c2ccccc2)c2ccccc2)cc1.c1ccc([S+](c2ccccc2)c2ccccc2)cc1.c1ccc([S+](c2ccccc2)c2ccccc2)cc1.c1ccc([S+](c2ccccc2)c2ccccc2)cc1. The fraction of sp³-hybridized carbons (Fsp3) is 0.114. The van der Waals surface area contributed by atoms with Gasteiger partial charge in [0.25, 0.3) is 0 Å². The zero-order chi connectivity index (χ0) is 87.2. The van der Waals surface area contributed by atoms with Crippen molar-refractivity contribution in [3.63, 3.8) is 0 Å². The van der Waals surface area contributed by atoms with Gasteiger partial charge in [0.2, 0.25) is 0 Å². The summed E-state index contributed by atoms with van der Waals surface area (Å²) in [7, 11) is 1.56. The van der Waals surface area contributed by atoms with Crippen LogP contribution in [0.1, 0.15) is 27.4 Å². The molecule has 2 aliphatic rings. The predicted molar refractivity (Wildman–Crippen MR) is 492 cm³/mol. The second-order valence-electron chi connectivity index (χ2n) is 26.3. The second-order valence-corrected chi connectivity index (χ2v) is 34.4. The first-order valence-electron chi connectivity index (χ1n) is 40.3. The molecule has 0 radical (unpaired) electrons. The molecular weight excluding hydrogens is 1640 g/mol. The summed E-state index contributed by atoms with van der Waals surface area (Å²) >= 11 is 0. The molecule has 20 heteroatoms. The Morgan fingerprint density at radius 1 is 0.304 bits per heavy atom. The maximum atomic E-state index is 10.0. The van der Waals surface area contributed by atoms with Crippen LogP contribution in [0, 0.1) is 0 Å². The Morgan fingerprint density at radius 2 is 0.576 bits per heavy atom. The van der Waals surface area contributed by atoms with Crippen LogP contribution in [-0.4, -0.2) is 106 Å². The van der Waals surface area contributed by atoms with Gasteiger partial charge in [0.15, 0.2) is 70.2 Å². The molecular formula is C105H98N3O13S4+. The third-order valence-electron chi connectivity index (χ3n) is 17.6. The normalized spacial score (nSPS) is 12.3. The second kappa shape index (κ2) is 55.7. The average molecular weight is 1740 g/mol. The molecule has 0 saturated heterocycles. The third kappa shape index (κ3) is 33.2. The number of carbonyl (C=O) groups excluding carboxylic acids is 3. The molecule has 17 rings (SSSR count). The summed E-state index contributed by atoms with van der Waals surface area (Å²) in [6, 6.07) is 140. The molecule has 0 spiro atoms. The minimum absolute atomic E-state index is 0.00463. The Balaban J connectivity index is 0.000000153. The van der Waals surface area contributed by atoms with Gasteiger partial charge in [-0.1, -0.05) is 243 Å². The van der Waals surface area contributed by atoms with Crippen molar-refractivity contribution < 1.29 is 62.9 Å². The van der Waals surface area contributed by atoms with Gasteiger partial charge in [-0.05, 0) is 188 Å². The van der Waals surface area contributed by atoms with Crippen molar-refractivity contribution in [2.45, 2.75) is 65.2 Å². The number of rotatable bonds is 16. The molecule has 1 N–H and O–H groups in total. The zero-order valence-corrected chi connectivity index (χ0v) is 72.4. The highest BCUT2D eigenvalue weighted by molar-refractivity contribution is 7.98. The Kier molecular flexibility index (Phi) is 41.9. The number of allylic oxidation sites excluding steroid dienone is 3. The molecule has 16 nitrogen and oxygen atoms in total. The lowest BCUT2D eigenvalue weighted by molar-refractivity contribution is -0.299. The highest BCUT2D eigenvalue weighted by atomic mass is 32.2. The number of ether oxygens (including phenoxy) is 7. The van der Waals surface area contributed by atoms with E-state index in [0.29, 0.717) is 95.3 Å². The van der Waals surface area contributed by atoms with Gasteiger partial charge in [-0.2, -0.15) is 5.10 Å². The van der Waals surface area contributed by atoms with Gasteiger partial charge in [-0.3, -0.25) is 10.1 Å². The quantitative estimate of drug-likeness (QED) is 0.0888. The molecule has 15 aromatic rings. The number of pyridine rings is 1. The molecule has 3 heterocycles. The van der Waals surface area contributed by atoms with Crippen LogP contribution in [0.3, 0.4) is 0 Å². The van der Waals surface area contributed by atoms with Gasteiger partial charge in [-0.15, -0.1) is 0 Å². The van der Waals surface area contributed by atoms with Crippen molar-refractivity contribution in [3.05, 3.63) is 454 Å². The number of nitrogens with one attached hydrogen (secondary N) is 1. The smallest absolute Gasteiger partial charge is 0.166 e. The summed E-state index contributed by atoms with van der Waals surface area (Å²) in [6.45, 7) is 5.03. The first-order valence-corrected chi connectivity index (χ1v) is 45.2. The van der Waals surface area contributed by atoms with Crippen molar-refractivity contribution >= 4 is 61.5 Å². The number of aromatic amines is 1. The van der Waals surface area contributed by atoms with Gasteiger partial charge < -0.3 is 62.9 Å². The van der Waals surface area contributed by atoms with Gasteiger partial charge in [0.1, 0.15) is 19.0 Å². The molecule has 1 aliphatic carbocycles. The van der Waals surface area contributed by atoms with Gasteiger partial charge in [-0.25, -0.2) is 0 Å². The van der Waals surface area contributed by atoms with Crippen molar-refractivity contribution in [1.29, 1.82) is 0 Å². The minimum Gasteiger partial charge on any atom is -0.545 e. The lowest BCUT2D eigenvalue weighted by Crippen LogP contribution is -2.23. The summed E-state index contributed by atoms with van der Waals surface area (Å²) in [5.41, 5.74) is 0.340. The molecule has 1 aliphatic heterocycles. The topological polar surface area (TPSA) is 227 Å². The number of aliphatic carboxylic acids is 1. The van der Waals surface area contributed by atoms with Crippen molar-refractivity contribution in [1.82, 2.24) is 15.2 Å². The van der Waals surface area contributed by atoms with Gasteiger partial charge >= 0.3 is 0 Å². The number of hydrogen-bond donors (Lipinski definition) is 1. The molecule has 634 valence electrons. The van der Waals surface area contributed by atoms with Crippen LogP contribution < -0.4 is 29.5 Å². The number of hydrogen-bond acceptors (Lipinski definition) is 15. The van der Waals surface area contributed by atoms with E-state index < -0.39 is 17.9 Å². The summed E-state index contributed by atoms with van der Waals surface area (Å²) in [5, 5.41) is 35.5. The Morgan fingerprint density at radius 3 is 0.768 bits per heavy atom. The van der Waals surface area contributed by atoms with E-state index in [1.165, 1.54) is 83.3 Å². The van der Waals surface area contributed by atoms with E-state index in [1.54, 1.807) is 43.5 Å². The Bertz CT molecular complexity index is 4650. The number of carboxylic acids is 3. The molecule has 2 aromatic heterocycles. The summed E-state index contributed by atoms with van der Waals surface area (Å²) < 4.78 is 38.4. The van der Waals surface area contributed by atoms with Crippen LogP contribution >= 0.6 is 0 Å². The van der Waals surface area contributed by atoms with E-state index in [4.69, 9.17) is 33.2 Å². The molecule has 0 saturated carbocycles. The Labute approximate surface area is 743 Å². The zero-order valence-electron chi connectivity index (χ0n) is 69.2. The van der Waals surface area contributed by atoms with Crippen LogP contribution in [0.2, 0.25) is 0 Å². The Hall–Kier alpha value is -13.3. The number of aromatic nitrogens is 3. The lowest BCUT2D eigenvalue weighted by Gasteiger charge is -2.15. The lowest BCUT2D eigenvalue weighted by atomic mass is 10.2. The molecule has 0 amide bonds. The largest absolute Gasteiger partial charge is 0.545 e. The highest BCUT2D eigenvalue weighted by Gasteiger charge is 2.31. The summed E-state index contributed by atoms with van der Waals surface area (Å²) in [6.07, 6.45) is 8.32. The monoisotopic (exact) mass is 1740 g/mol. The predicted octanol–water partition coefficient (Wildman–Crippen LogP) is 18.5. The third-order valence-corrected chi connectivity index (χ3v) is 26.5. The van der Waals surface area contributed by atoms with Crippen LogP contribution in [0.4, 0.5) is 0 Å². The van der Waals surface area contributed by atoms with Crippen molar-refractivity contribution in [2.24, 2.45) is 0 Å². The van der Waals surface area contributed by atoms with E-state index in [2.05, 4.69) is 379 Å². The van der Waals surface area contributed by atoms with E-state index >= 15 is 0 Å². The molecule has 0 fully saturated rings. The number of carboxylic acid groups (broad SMARTS) is 3. The number of nitrogens with zero attached hydrogens (tertiary/aromatic N) is 2. The van der Waals surface area contributed by atoms with Crippen molar-refractivity contribution in [3.8, 4) is 17.2 Å². The molecule has 13 aromatic carbocycles. The van der Waals surface area contributed by atoms with E-state index in [-0.39, 0.29) is 55.0 Å². The van der Waals surface area contributed by atoms with Crippen LogP contribution in [0.15, 0.2) is 501 Å². The summed E-state index contributed by atoms with van der Waals surface area (Å²) in [4.78, 5) is 49.7. The molecule has 0 bridgehead atoms. The number of aromatic carboxylic acids is 2. The fourth-order valence-corrected chi connectivity index (χ4v) is 20.2. The van der Waals surface area contributed by atoms with Crippen LogP contribution in [0.5, 0.6) is 17.2 Å². The molecule has 0 atom stereocenters. The summed E-state index contributed by atoms with van der Waals surface area (Å²) in [5.74, 6) is -1.55. The number of benzene rings is 13. The first-order chi connectivity index (χ1) is 61.6. The first kappa shape index (κ1) is 94.0. The number of fused-ring (bicyclic) bond motifs is 1. The van der Waals surface area contributed by atoms with E-state index in [9.17, 15) is 29.7 Å². The maximum Gasteiger partial charge on any atom is 0.166 e. The van der Waals surface area contributed by atoms with Crippen molar-refractivity contribution in [2.75, 3.05) is 73.2 Å². The van der Waals surface area contributed by atoms with Crippen LogP contribution in [-0.2, 0) is 67.3 Å². The standard InChI is InChI=1S/4C18H15S.C17H26O7.C6H5NO2.C6H6O2.C4H4N2O2/c4*1-4-10-16(11-5-1)19(17-12-6-2-7-13-17)18-14-8-3-9-15-18;1-18-15-2-3-16-17(14-15)24-13-11-22-9-7-20-5-4-19-6-8-21-10-12-23-16;8-6(9)5-3-1-2-4-7-5;7-6(8)5-3-1-2-4-5;7-4(8)3-1-2-5-6-3/h4*1-15H;2-3,14H,4-13H2,1H3;1-4H,(H,8,9);1-3H,4H2,(H,7,8);1-2H,(H,5,6)(H,7,8)/q4*+1;;;;/p-3. The van der Waals surface area contributed by atoms with E-state index in [0.717, 1.165) is 0 Å². The van der Waals surface area contributed by atoms with E-state index in [1.807, 2.05) is 12.1 Å². The maximum absolute atomic E-state index is 10.0. The molecule has 125 heavy (non-hydrogen) atoms.